The summed E-state index contributed by atoms with van der Waals surface area (Å²) in [6.45, 7) is 1.75. The first kappa shape index (κ1) is 13.4. The molecule has 1 rings (SSSR count). The molecule has 0 aromatic carbocycles. The highest BCUT2D eigenvalue weighted by molar-refractivity contribution is 5.79. The Morgan fingerprint density at radius 1 is 1.50 bits per heavy atom. The molecule has 0 spiro atoms. The smallest absolute Gasteiger partial charge is 0.248 e. The molecule has 5 heteroatoms. The van der Waals surface area contributed by atoms with Gasteiger partial charge in [-0.1, -0.05) is 6.92 Å². The van der Waals surface area contributed by atoms with Gasteiger partial charge in [0, 0.05) is 18.8 Å². The number of aliphatic hydroxyl groups excluding tert-OH is 1. The summed E-state index contributed by atoms with van der Waals surface area (Å²) in [7, 11) is 0. The molecular formula is C11H19F2NO2. The highest BCUT2D eigenvalue weighted by atomic mass is 19.3. The van der Waals surface area contributed by atoms with Gasteiger partial charge in [-0.2, -0.15) is 0 Å². The van der Waals surface area contributed by atoms with Crippen LogP contribution in [0.1, 0.15) is 39.0 Å². The average Bonchev–Trinajstić information content (AvgIpc) is 2.25. The third-order valence-electron chi connectivity index (χ3n) is 3.15. The number of hydrogen-bond acceptors (Lipinski definition) is 2. The Morgan fingerprint density at radius 3 is 2.50 bits per heavy atom. The molecule has 1 aliphatic rings. The average molecular weight is 235 g/mol. The van der Waals surface area contributed by atoms with Crippen molar-refractivity contribution in [3.8, 4) is 0 Å². The van der Waals surface area contributed by atoms with Gasteiger partial charge >= 0.3 is 0 Å². The number of carbonyl (C=O) groups excluding carboxylic acids is 1. The van der Waals surface area contributed by atoms with Crippen LogP contribution in [-0.2, 0) is 4.79 Å². The second kappa shape index (κ2) is 5.57. The van der Waals surface area contributed by atoms with E-state index in [4.69, 9.17) is 5.11 Å². The number of carbonyl (C=O) groups is 1. The maximum Gasteiger partial charge on any atom is 0.248 e. The maximum absolute atomic E-state index is 12.9. The normalized spacial score (nSPS) is 22.8. The Hall–Kier alpha value is -0.710. The summed E-state index contributed by atoms with van der Waals surface area (Å²) >= 11 is 0. The van der Waals surface area contributed by atoms with Crippen molar-refractivity contribution >= 4 is 5.91 Å². The molecule has 0 aromatic heterocycles. The monoisotopic (exact) mass is 235 g/mol. The van der Waals surface area contributed by atoms with Gasteiger partial charge in [-0.25, -0.2) is 8.78 Å². The predicted molar refractivity (Wildman–Crippen MR) is 56.2 cm³/mol. The summed E-state index contributed by atoms with van der Waals surface area (Å²) in [5.41, 5.74) is 0. The number of nitrogens with one attached hydrogen (secondary N) is 1. The second-order valence-electron chi connectivity index (χ2n) is 4.43. The maximum atomic E-state index is 12.9. The third-order valence-corrected chi connectivity index (χ3v) is 3.15. The number of halogens is 2. The first-order chi connectivity index (χ1) is 7.48. The van der Waals surface area contributed by atoms with Crippen LogP contribution in [-0.4, -0.2) is 29.6 Å². The molecule has 0 saturated heterocycles. The predicted octanol–water partition coefficient (Wildman–Crippen LogP) is 1.70. The van der Waals surface area contributed by atoms with E-state index in [1.54, 1.807) is 0 Å². The number of rotatable bonds is 4. The van der Waals surface area contributed by atoms with Crippen LogP contribution in [0.25, 0.3) is 0 Å². The van der Waals surface area contributed by atoms with E-state index in [1.165, 1.54) is 0 Å². The highest BCUT2D eigenvalue weighted by Crippen LogP contribution is 2.36. The zero-order valence-corrected chi connectivity index (χ0v) is 9.51. The van der Waals surface area contributed by atoms with Crippen LogP contribution in [0.5, 0.6) is 0 Å². The van der Waals surface area contributed by atoms with Crippen LogP contribution >= 0.6 is 0 Å². The van der Waals surface area contributed by atoms with E-state index < -0.39 is 5.92 Å². The standard InChI is InChI=1S/C11H19F2NO2/c1-2-9(7-15)14-10(16)8-3-5-11(12,13)6-4-8/h8-9,15H,2-7H2,1H3,(H,14,16)/t9-/m0/s1. The van der Waals surface area contributed by atoms with Crippen LogP contribution in [0.2, 0.25) is 0 Å². The number of aliphatic hydroxyl groups is 1. The molecule has 1 fully saturated rings. The fourth-order valence-corrected chi connectivity index (χ4v) is 1.90. The summed E-state index contributed by atoms with van der Waals surface area (Å²) < 4.78 is 25.7. The lowest BCUT2D eigenvalue weighted by molar-refractivity contribution is -0.130. The van der Waals surface area contributed by atoms with E-state index in [-0.39, 0.29) is 50.2 Å². The zero-order chi connectivity index (χ0) is 12.2. The first-order valence-corrected chi connectivity index (χ1v) is 5.77. The van der Waals surface area contributed by atoms with Crippen molar-refractivity contribution in [3.63, 3.8) is 0 Å². The molecule has 1 saturated carbocycles. The molecule has 0 unspecified atom stereocenters. The zero-order valence-electron chi connectivity index (χ0n) is 9.51. The van der Waals surface area contributed by atoms with Crippen LogP contribution in [0.4, 0.5) is 8.78 Å². The van der Waals surface area contributed by atoms with Crippen molar-refractivity contribution in [2.24, 2.45) is 5.92 Å². The third kappa shape index (κ3) is 3.70. The van der Waals surface area contributed by atoms with E-state index in [1.807, 2.05) is 6.92 Å². The van der Waals surface area contributed by atoms with E-state index in [9.17, 15) is 13.6 Å². The Balaban J connectivity index is 2.38. The van der Waals surface area contributed by atoms with Crippen LogP contribution in [0, 0.1) is 5.92 Å². The molecule has 1 aliphatic carbocycles. The molecule has 3 nitrogen and oxygen atoms in total. The molecule has 0 bridgehead atoms. The minimum Gasteiger partial charge on any atom is -0.394 e. The van der Waals surface area contributed by atoms with E-state index in [2.05, 4.69) is 5.32 Å². The van der Waals surface area contributed by atoms with Crippen molar-refractivity contribution < 1.29 is 18.7 Å². The van der Waals surface area contributed by atoms with Gasteiger partial charge < -0.3 is 10.4 Å². The van der Waals surface area contributed by atoms with E-state index >= 15 is 0 Å². The van der Waals surface area contributed by atoms with Gasteiger partial charge in [-0.15, -0.1) is 0 Å². The Bertz CT molecular complexity index is 232. The fourth-order valence-electron chi connectivity index (χ4n) is 1.90. The van der Waals surface area contributed by atoms with E-state index in [0.717, 1.165) is 0 Å². The van der Waals surface area contributed by atoms with Gasteiger partial charge in [-0.05, 0) is 19.3 Å². The van der Waals surface area contributed by atoms with Crippen molar-refractivity contribution in [2.75, 3.05) is 6.61 Å². The minimum absolute atomic E-state index is 0.106. The van der Waals surface area contributed by atoms with Gasteiger partial charge in [0.25, 0.3) is 0 Å². The SMILES string of the molecule is CC[C@@H](CO)NC(=O)C1CCC(F)(F)CC1. The molecule has 1 atom stereocenters. The van der Waals surface area contributed by atoms with Gasteiger partial charge in [0.2, 0.25) is 11.8 Å². The quantitative estimate of drug-likeness (QED) is 0.779. The van der Waals surface area contributed by atoms with Crippen molar-refractivity contribution in [1.82, 2.24) is 5.32 Å². The van der Waals surface area contributed by atoms with Gasteiger partial charge in [0.1, 0.15) is 0 Å². The lowest BCUT2D eigenvalue weighted by Crippen LogP contribution is -2.42. The number of hydrogen-bond donors (Lipinski definition) is 2. The molecule has 2 N–H and O–H groups in total. The van der Waals surface area contributed by atoms with Crippen LogP contribution in [0.3, 0.4) is 0 Å². The lowest BCUT2D eigenvalue weighted by atomic mass is 9.86. The Labute approximate surface area is 94.2 Å². The lowest BCUT2D eigenvalue weighted by Gasteiger charge is -2.28. The van der Waals surface area contributed by atoms with E-state index in [0.29, 0.717) is 6.42 Å². The summed E-state index contributed by atoms with van der Waals surface area (Å²) in [6, 6.07) is -0.255. The molecule has 0 aromatic rings. The van der Waals surface area contributed by atoms with Crippen molar-refractivity contribution in [3.05, 3.63) is 0 Å². The highest BCUT2D eigenvalue weighted by Gasteiger charge is 2.37. The van der Waals surface area contributed by atoms with Gasteiger partial charge in [0.15, 0.2) is 0 Å². The van der Waals surface area contributed by atoms with Crippen molar-refractivity contribution in [1.29, 1.82) is 0 Å². The molecule has 1 amide bonds. The summed E-state index contributed by atoms with van der Waals surface area (Å²) in [5.74, 6) is -3.12. The largest absolute Gasteiger partial charge is 0.394 e. The van der Waals surface area contributed by atoms with Crippen molar-refractivity contribution in [2.45, 2.75) is 51.0 Å². The molecule has 0 radical (unpaired) electrons. The second-order valence-corrected chi connectivity index (χ2v) is 4.43. The molecule has 0 aliphatic heterocycles. The fraction of sp³-hybridized carbons (Fsp3) is 0.909. The summed E-state index contributed by atoms with van der Waals surface area (Å²) in [4.78, 5) is 11.7. The first-order valence-electron chi connectivity index (χ1n) is 5.77. The van der Waals surface area contributed by atoms with Gasteiger partial charge in [0.05, 0.1) is 12.6 Å². The number of amides is 1. The molecule has 16 heavy (non-hydrogen) atoms. The minimum atomic E-state index is -2.60. The molecule has 94 valence electrons. The van der Waals surface area contributed by atoms with Crippen LogP contribution in [0.15, 0.2) is 0 Å². The summed E-state index contributed by atoms with van der Waals surface area (Å²) in [5, 5.41) is 11.6. The number of alkyl halides is 2. The molecule has 0 heterocycles. The summed E-state index contributed by atoms with van der Waals surface area (Å²) in [6.07, 6.45) is 0.703. The topological polar surface area (TPSA) is 49.3 Å². The Kier molecular flexibility index (Phi) is 4.65. The van der Waals surface area contributed by atoms with Gasteiger partial charge in [-0.3, -0.25) is 4.79 Å². The van der Waals surface area contributed by atoms with Crippen LogP contribution < -0.4 is 5.32 Å². The Morgan fingerprint density at radius 2 is 2.06 bits per heavy atom. The molecular weight excluding hydrogens is 216 g/mol.